The third-order valence-electron chi connectivity index (χ3n) is 1.51. The van der Waals surface area contributed by atoms with Gasteiger partial charge in [0.15, 0.2) is 0 Å². The van der Waals surface area contributed by atoms with Crippen molar-refractivity contribution in [1.29, 1.82) is 0 Å². The summed E-state index contributed by atoms with van der Waals surface area (Å²) in [6, 6.07) is 0.346. The molecule has 0 unspecified atom stereocenters. The molecule has 1 rings (SSSR count). The van der Waals surface area contributed by atoms with Gasteiger partial charge in [-0.25, -0.2) is 0 Å². The Labute approximate surface area is 75.2 Å². The van der Waals surface area contributed by atoms with Crippen LogP contribution >= 0.6 is 0 Å². The van der Waals surface area contributed by atoms with Crippen molar-refractivity contribution in [1.82, 2.24) is 14.8 Å². The van der Waals surface area contributed by atoms with Crippen molar-refractivity contribution in [2.24, 2.45) is 7.05 Å². The minimum atomic E-state index is -0.932. The maximum Gasteiger partial charge on any atom is 0.316 e. The highest BCUT2D eigenvalue weighted by Gasteiger charge is 2.11. The van der Waals surface area contributed by atoms with E-state index < -0.39 is 5.97 Å². The van der Waals surface area contributed by atoms with Gasteiger partial charge in [0.1, 0.15) is 12.2 Å². The van der Waals surface area contributed by atoms with E-state index in [0.717, 1.165) is 0 Å². The van der Waals surface area contributed by atoms with Crippen LogP contribution in [0.4, 0.5) is 0 Å². The lowest BCUT2D eigenvalue weighted by atomic mass is 10.4. The third kappa shape index (κ3) is 2.17. The fourth-order valence-electron chi connectivity index (χ4n) is 0.889. The second-order valence-corrected chi connectivity index (χ2v) is 2.46. The fourth-order valence-corrected chi connectivity index (χ4v) is 0.889. The summed E-state index contributed by atoms with van der Waals surface area (Å²) >= 11 is 0. The molecule has 0 saturated heterocycles. The van der Waals surface area contributed by atoms with Gasteiger partial charge in [-0.15, -0.1) is 5.10 Å². The molecular formula is C7H11N3O3. The van der Waals surface area contributed by atoms with Crippen LogP contribution in [0.1, 0.15) is 12.7 Å². The van der Waals surface area contributed by atoms with Gasteiger partial charge in [-0.1, -0.05) is 5.10 Å². The number of nitrogens with zero attached hydrogens (tertiary/aromatic N) is 3. The van der Waals surface area contributed by atoms with E-state index in [1.54, 1.807) is 7.05 Å². The van der Waals surface area contributed by atoms with Crippen molar-refractivity contribution in [3.63, 3.8) is 0 Å². The molecule has 0 saturated carbocycles. The highest BCUT2D eigenvalue weighted by atomic mass is 16.5. The number of hydrogen-bond acceptors (Lipinski definition) is 4. The molecular weight excluding hydrogens is 174 g/mol. The number of ether oxygens (including phenoxy) is 1. The topological polar surface area (TPSA) is 77.2 Å². The first-order chi connectivity index (χ1) is 6.15. The van der Waals surface area contributed by atoms with E-state index in [2.05, 4.69) is 10.2 Å². The Bertz CT molecular complexity index is 308. The summed E-state index contributed by atoms with van der Waals surface area (Å²) < 4.78 is 6.62. The van der Waals surface area contributed by atoms with Crippen LogP contribution in [0, 0.1) is 0 Å². The zero-order chi connectivity index (χ0) is 9.84. The van der Waals surface area contributed by atoms with Gasteiger partial charge >= 0.3 is 12.0 Å². The van der Waals surface area contributed by atoms with E-state index in [1.165, 1.54) is 4.57 Å². The molecule has 0 aliphatic heterocycles. The molecule has 0 aromatic carbocycles. The highest BCUT2D eigenvalue weighted by molar-refractivity contribution is 5.69. The van der Waals surface area contributed by atoms with Crippen LogP contribution in [0.5, 0.6) is 6.01 Å². The second kappa shape index (κ2) is 3.88. The summed E-state index contributed by atoms with van der Waals surface area (Å²) in [6.45, 7) is 2.31. The van der Waals surface area contributed by atoms with Crippen LogP contribution in [0.15, 0.2) is 0 Å². The Hall–Kier alpha value is -1.59. The largest absolute Gasteiger partial charge is 0.481 e. The average molecular weight is 185 g/mol. The molecule has 0 amide bonds. The van der Waals surface area contributed by atoms with Crippen LogP contribution in [0.25, 0.3) is 0 Å². The van der Waals surface area contributed by atoms with Gasteiger partial charge in [0, 0.05) is 7.05 Å². The standard InChI is InChI=1S/C7H11N3O3/c1-3-13-7-9-8-5(10(7)2)4-6(11)12/h3-4H2,1-2H3,(H,11,12). The monoisotopic (exact) mass is 185 g/mol. The number of hydrogen-bond donors (Lipinski definition) is 1. The molecule has 0 fully saturated rings. The van der Waals surface area contributed by atoms with Gasteiger partial charge in [-0.05, 0) is 6.92 Å². The molecule has 13 heavy (non-hydrogen) atoms. The Morgan fingerprint density at radius 3 is 2.85 bits per heavy atom. The second-order valence-electron chi connectivity index (χ2n) is 2.46. The predicted octanol–water partition coefficient (Wildman–Crippen LogP) is -0.159. The predicted molar refractivity (Wildman–Crippen MR) is 43.5 cm³/mol. The number of carbonyl (C=O) groups is 1. The van der Waals surface area contributed by atoms with E-state index in [9.17, 15) is 4.79 Å². The minimum Gasteiger partial charge on any atom is -0.481 e. The lowest BCUT2D eigenvalue weighted by Crippen LogP contribution is -2.07. The molecule has 0 aliphatic carbocycles. The van der Waals surface area contributed by atoms with Gasteiger partial charge in [0.25, 0.3) is 0 Å². The number of aromatic nitrogens is 3. The average Bonchev–Trinajstić information content (AvgIpc) is 2.36. The molecule has 0 atom stereocenters. The number of carboxylic acids is 1. The molecule has 1 N–H and O–H groups in total. The summed E-state index contributed by atoms with van der Waals surface area (Å²) in [5.74, 6) is -0.547. The maximum absolute atomic E-state index is 10.4. The SMILES string of the molecule is CCOc1nnc(CC(=O)O)n1C. The highest BCUT2D eigenvalue weighted by Crippen LogP contribution is 2.07. The Morgan fingerprint density at radius 2 is 2.31 bits per heavy atom. The smallest absolute Gasteiger partial charge is 0.316 e. The van der Waals surface area contributed by atoms with Crippen molar-refractivity contribution < 1.29 is 14.6 Å². The molecule has 1 aromatic rings. The van der Waals surface area contributed by atoms with E-state index in [0.29, 0.717) is 18.4 Å². The first-order valence-electron chi connectivity index (χ1n) is 3.88. The summed E-state index contributed by atoms with van der Waals surface area (Å²) in [5, 5.41) is 15.9. The zero-order valence-electron chi connectivity index (χ0n) is 7.52. The third-order valence-corrected chi connectivity index (χ3v) is 1.51. The maximum atomic E-state index is 10.4. The van der Waals surface area contributed by atoms with Crippen molar-refractivity contribution in [3.8, 4) is 6.01 Å². The summed E-state index contributed by atoms with van der Waals surface area (Å²) in [5.41, 5.74) is 0. The van der Waals surface area contributed by atoms with Crippen LogP contribution in [-0.4, -0.2) is 32.4 Å². The first kappa shape index (κ1) is 9.50. The molecule has 0 aliphatic rings. The first-order valence-corrected chi connectivity index (χ1v) is 3.88. The fraction of sp³-hybridized carbons (Fsp3) is 0.571. The molecule has 6 nitrogen and oxygen atoms in total. The van der Waals surface area contributed by atoms with Crippen molar-refractivity contribution in [2.45, 2.75) is 13.3 Å². The van der Waals surface area contributed by atoms with Crippen LogP contribution < -0.4 is 4.74 Å². The van der Waals surface area contributed by atoms with Gasteiger partial charge < -0.3 is 9.84 Å². The number of rotatable bonds is 4. The van der Waals surface area contributed by atoms with Gasteiger partial charge in [-0.3, -0.25) is 9.36 Å². The summed E-state index contributed by atoms with van der Waals surface area (Å²) in [4.78, 5) is 10.4. The molecule has 0 spiro atoms. The normalized spacial score (nSPS) is 10.0. The number of aliphatic carboxylic acids is 1. The van der Waals surface area contributed by atoms with Gasteiger partial charge in [0.05, 0.1) is 6.61 Å². The summed E-state index contributed by atoms with van der Waals surface area (Å²) in [7, 11) is 1.67. The van der Waals surface area contributed by atoms with E-state index >= 15 is 0 Å². The number of carboxylic acid groups (broad SMARTS) is 1. The quantitative estimate of drug-likeness (QED) is 0.705. The van der Waals surface area contributed by atoms with E-state index in [1.807, 2.05) is 6.92 Å². The molecule has 0 radical (unpaired) electrons. The lowest BCUT2D eigenvalue weighted by molar-refractivity contribution is -0.136. The minimum absolute atomic E-state index is 0.142. The molecule has 1 heterocycles. The Kier molecular flexibility index (Phi) is 2.84. The van der Waals surface area contributed by atoms with Crippen LogP contribution in [-0.2, 0) is 18.3 Å². The van der Waals surface area contributed by atoms with Gasteiger partial charge in [0.2, 0.25) is 0 Å². The van der Waals surface area contributed by atoms with E-state index in [-0.39, 0.29) is 6.42 Å². The van der Waals surface area contributed by atoms with Gasteiger partial charge in [-0.2, -0.15) is 0 Å². The van der Waals surface area contributed by atoms with Crippen molar-refractivity contribution >= 4 is 5.97 Å². The lowest BCUT2D eigenvalue weighted by Gasteiger charge is -2.01. The molecule has 1 aromatic heterocycles. The zero-order valence-corrected chi connectivity index (χ0v) is 7.52. The molecule has 72 valence electrons. The van der Waals surface area contributed by atoms with Crippen molar-refractivity contribution in [3.05, 3.63) is 5.82 Å². The summed E-state index contributed by atoms with van der Waals surface area (Å²) in [6.07, 6.45) is -0.142. The Balaban J connectivity index is 2.79. The van der Waals surface area contributed by atoms with Crippen molar-refractivity contribution in [2.75, 3.05) is 6.61 Å². The molecule has 6 heteroatoms. The molecule has 0 bridgehead atoms. The van der Waals surface area contributed by atoms with Crippen LogP contribution in [0.3, 0.4) is 0 Å². The van der Waals surface area contributed by atoms with E-state index in [4.69, 9.17) is 9.84 Å². The van der Waals surface area contributed by atoms with Crippen LogP contribution in [0.2, 0.25) is 0 Å². The Morgan fingerprint density at radius 1 is 1.62 bits per heavy atom.